The molecule has 0 radical (unpaired) electrons. The summed E-state index contributed by atoms with van der Waals surface area (Å²) < 4.78 is 46.2. The maximum absolute atomic E-state index is 7.77. The Kier molecular flexibility index (Phi) is 0.881. The van der Waals surface area contributed by atoms with Gasteiger partial charge in [-0.1, -0.05) is 35.3 Å². The van der Waals surface area contributed by atoms with Gasteiger partial charge in [-0.15, -0.1) is 0 Å². The number of halogens is 2. The third kappa shape index (κ3) is 1.40. The Balaban J connectivity index is 3.22. The molecule has 12 heavy (non-hydrogen) atoms. The molecule has 0 unspecified atom stereocenters. The molecule has 0 spiro atoms. The van der Waals surface area contributed by atoms with Gasteiger partial charge >= 0.3 is 0 Å². The quantitative estimate of drug-likeness (QED) is 0.603. The average molecular weight is 203 g/mol. The smallest absolute Gasteiger partial charge is 0.0645 e. The van der Waals surface area contributed by atoms with Crippen molar-refractivity contribution in [2.75, 3.05) is 0 Å². The third-order valence-electron chi connectivity index (χ3n) is 1.31. The second-order valence-corrected chi connectivity index (χ2v) is 2.88. The van der Waals surface area contributed by atoms with Crippen LogP contribution in [0.5, 0.6) is 0 Å². The Hall–Kier alpha value is -0.720. The standard InChI is InChI=1S/C10H6Cl2/c11-9-3-1-7-5-10(12)4-2-8(7)6-9/h1-6H/i1D,2D,3D,4D,5D,6D. The van der Waals surface area contributed by atoms with Crippen LogP contribution in [0, 0.1) is 0 Å². The van der Waals surface area contributed by atoms with Crippen LogP contribution in [0.25, 0.3) is 10.8 Å². The van der Waals surface area contributed by atoms with Gasteiger partial charge in [-0.2, -0.15) is 0 Å². The number of benzene rings is 2. The molecule has 2 rings (SSSR count). The molecular formula is C10H6Cl2. The highest BCUT2D eigenvalue weighted by Crippen LogP contribution is 2.22. The van der Waals surface area contributed by atoms with E-state index in [1.165, 1.54) is 0 Å². The zero-order chi connectivity index (χ0) is 13.8. The SMILES string of the molecule is [2H]c1c(Cl)c([2H])c2c([2H])c([2H])c(Cl)c([2H])c2c1[2H]. The Bertz CT molecular complexity index is 569. The van der Waals surface area contributed by atoms with Gasteiger partial charge < -0.3 is 0 Å². The summed E-state index contributed by atoms with van der Waals surface area (Å²) >= 11 is 11.5. The lowest BCUT2D eigenvalue weighted by Crippen LogP contribution is -1.71. The van der Waals surface area contributed by atoms with E-state index in [0.717, 1.165) is 0 Å². The van der Waals surface area contributed by atoms with E-state index in [1.54, 1.807) is 0 Å². The number of rotatable bonds is 0. The molecule has 0 saturated heterocycles. The van der Waals surface area contributed by atoms with Gasteiger partial charge in [-0.3, -0.25) is 0 Å². The summed E-state index contributed by atoms with van der Waals surface area (Å²) in [6.45, 7) is 0. The Morgan fingerprint density at radius 1 is 0.833 bits per heavy atom. The average Bonchev–Trinajstić information content (AvgIpc) is 2.35. The van der Waals surface area contributed by atoms with Gasteiger partial charge in [0, 0.05) is 10.0 Å². The fourth-order valence-corrected chi connectivity index (χ4v) is 1.11. The van der Waals surface area contributed by atoms with Gasteiger partial charge in [0.1, 0.15) is 0 Å². The molecule has 0 saturated carbocycles. The van der Waals surface area contributed by atoms with Crippen LogP contribution in [0.3, 0.4) is 0 Å². The van der Waals surface area contributed by atoms with Gasteiger partial charge in [0.25, 0.3) is 0 Å². The summed E-state index contributed by atoms with van der Waals surface area (Å²) in [5.74, 6) is 0. The molecule has 0 bridgehead atoms. The van der Waals surface area contributed by atoms with E-state index in [4.69, 9.17) is 31.4 Å². The van der Waals surface area contributed by atoms with Crippen molar-refractivity contribution in [3.05, 3.63) is 46.3 Å². The Morgan fingerprint density at radius 2 is 1.25 bits per heavy atom. The van der Waals surface area contributed by atoms with Crippen molar-refractivity contribution >= 4 is 34.0 Å². The largest absolute Gasteiger partial charge is 0.0843 e. The van der Waals surface area contributed by atoms with Crippen LogP contribution in [0.2, 0.25) is 10.0 Å². The minimum atomic E-state index is -0.379. The van der Waals surface area contributed by atoms with E-state index < -0.39 is 0 Å². The maximum atomic E-state index is 7.77. The van der Waals surface area contributed by atoms with E-state index in [0.29, 0.717) is 0 Å². The van der Waals surface area contributed by atoms with Gasteiger partial charge in [0.15, 0.2) is 0 Å². The van der Waals surface area contributed by atoms with Crippen molar-refractivity contribution < 1.29 is 8.22 Å². The first-order valence-electron chi connectivity index (χ1n) is 6.13. The molecule has 2 heteroatoms. The topological polar surface area (TPSA) is 0 Å². The number of hydrogen-bond donors (Lipinski definition) is 0. The first kappa shape index (κ1) is 3.57. The van der Waals surface area contributed by atoms with Gasteiger partial charge in [0.05, 0.1) is 8.22 Å². The summed E-state index contributed by atoms with van der Waals surface area (Å²) in [6, 6.07) is -2.11. The summed E-state index contributed by atoms with van der Waals surface area (Å²) in [7, 11) is 0. The van der Waals surface area contributed by atoms with Gasteiger partial charge in [-0.05, 0) is 34.9 Å². The maximum Gasteiger partial charge on any atom is 0.0645 e. The molecule has 0 aliphatic heterocycles. The van der Waals surface area contributed by atoms with Crippen molar-refractivity contribution in [2.24, 2.45) is 0 Å². The highest BCUT2D eigenvalue weighted by Gasteiger charge is 1.94. The van der Waals surface area contributed by atoms with Crippen LogP contribution in [-0.4, -0.2) is 0 Å². The first-order valence-corrected chi connectivity index (χ1v) is 3.88. The first-order chi connectivity index (χ1) is 8.29. The van der Waals surface area contributed by atoms with Crippen molar-refractivity contribution in [1.29, 1.82) is 0 Å². The monoisotopic (exact) mass is 202 g/mol. The molecule has 0 aromatic heterocycles. The summed E-state index contributed by atoms with van der Waals surface area (Å²) in [6.07, 6.45) is 0. The zero-order valence-corrected chi connectivity index (χ0v) is 7.27. The summed E-state index contributed by atoms with van der Waals surface area (Å²) in [5, 5.41) is -0.690. The molecular weight excluding hydrogens is 191 g/mol. The van der Waals surface area contributed by atoms with Crippen LogP contribution in [0.4, 0.5) is 0 Å². The predicted molar refractivity (Wildman–Crippen MR) is 54.0 cm³/mol. The van der Waals surface area contributed by atoms with Crippen LogP contribution >= 0.6 is 23.2 Å². The molecule has 0 amide bonds. The second-order valence-electron chi connectivity index (χ2n) is 2.13. The lowest BCUT2D eigenvalue weighted by atomic mass is 10.1. The molecule has 60 valence electrons. The van der Waals surface area contributed by atoms with E-state index in [2.05, 4.69) is 0 Å². The minimum absolute atomic E-state index is 0.0830. The molecule has 0 atom stereocenters. The lowest BCUT2D eigenvalue weighted by molar-refractivity contribution is 1.74. The highest BCUT2D eigenvalue weighted by molar-refractivity contribution is 6.32. The Morgan fingerprint density at radius 3 is 1.67 bits per heavy atom. The van der Waals surface area contributed by atoms with Gasteiger partial charge in [0.2, 0.25) is 0 Å². The van der Waals surface area contributed by atoms with Crippen LogP contribution in [0.1, 0.15) is 8.22 Å². The highest BCUT2D eigenvalue weighted by atomic mass is 35.5. The van der Waals surface area contributed by atoms with E-state index >= 15 is 0 Å². The third-order valence-corrected chi connectivity index (χ3v) is 1.69. The molecule has 0 aliphatic carbocycles. The fourth-order valence-electron chi connectivity index (χ4n) is 0.829. The van der Waals surface area contributed by atoms with E-state index in [9.17, 15) is 0 Å². The number of hydrogen-bond acceptors (Lipinski definition) is 0. The lowest BCUT2D eigenvalue weighted by Gasteiger charge is -1.97. The molecule has 2 aromatic rings. The van der Waals surface area contributed by atoms with Crippen LogP contribution in [0.15, 0.2) is 36.3 Å². The summed E-state index contributed by atoms with van der Waals surface area (Å²) in [4.78, 5) is 0. The molecule has 2 aromatic carbocycles. The zero-order valence-electron chi connectivity index (χ0n) is 11.8. The van der Waals surface area contributed by atoms with Gasteiger partial charge in [-0.25, -0.2) is 0 Å². The minimum Gasteiger partial charge on any atom is -0.0843 e. The predicted octanol–water partition coefficient (Wildman–Crippen LogP) is 4.15. The van der Waals surface area contributed by atoms with Crippen LogP contribution in [-0.2, 0) is 0 Å². The van der Waals surface area contributed by atoms with Crippen molar-refractivity contribution in [3.63, 3.8) is 0 Å². The fraction of sp³-hybridized carbons (Fsp3) is 0. The Labute approximate surface area is 89.1 Å². The van der Waals surface area contributed by atoms with Crippen molar-refractivity contribution in [2.45, 2.75) is 0 Å². The van der Waals surface area contributed by atoms with Crippen LogP contribution < -0.4 is 0 Å². The van der Waals surface area contributed by atoms with Crippen molar-refractivity contribution in [3.8, 4) is 0 Å². The molecule has 0 fully saturated rings. The van der Waals surface area contributed by atoms with E-state index in [-0.39, 0.29) is 57.1 Å². The molecule has 0 aliphatic rings. The van der Waals surface area contributed by atoms with E-state index in [1.807, 2.05) is 0 Å². The normalized spacial score (nSPS) is 17.5. The number of fused-ring (bicyclic) bond motifs is 1. The summed E-state index contributed by atoms with van der Waals surface area (Å²) in [5.41, 5.74) is 0. The molecule has 0 heterocycles. The van der Waals surface area contributed by atoms with Crippen molar-refractivity contribution in [1.82, 2.24) is 0 Å². The molecule has 0 N–H and O–H groups in total. The molecule has 0 nitrogen and oxygen atoms in total. The second kappa shape index (κ2) is 2.96.